The maximum atomic E-state index is 12.3. The monoisotopic (exact) mass is 236 g/mol. The fraction of sp³-hybridized carbons (Fsp3) is 0.400. The number of thiol groups is 1. The highest BCUT2D eigenvalue weighted by molar-refractivity contribution is 7.79. The smallest absolute Gasteiger partial charge is 0.389 e. The minimum atomic E-state index is -4.35. The van der Waals surface area contributed by atoms with Gasteiger partial charge in [-0.25, -0.2) is 0 Å². The minimum absolute atomic E-state index is 0.171. The highest BCUT2D eigenvalue weighted by Crippen LogP contribution is 2.32. The molecule has 5 heteroatoms. The van der Waals surface area contributed by atoms with Gasteiger partial charge >= 0.3 is 6.18 Å². The second-order valence-corrected chi connectivity index (χ2v) is 3.56. The lowest BCUT2D eigenvalue weighted by Crippen LogP contribution is -2.07. The van der Waals surface area contributed by atoms with Gasteiger partial charge in [0.05, 0.1) is 11.7 Å². The molecule has 0 saturated carbocycles. The summed E-state index contributed by atoms with van der Waals surface area (Å²) in [6.45, 7) is 1.51. The average Bonchev–Trinajstić information content (AvgIpc) is 2.15. The number of aliphatic hydroxyl groups is 1. The van der Waals surface area contributed by atoms with Gasteiger partial charge in [0.15, 0.2) is 0 Å². The lowest BCUT2D eigenvalue weighted by atomic mass is 10.0. The topological polar surface area (TPSA) is 20.2 Å². The molecule has 1 nitrogen and oxygen atoms in total. The molecule has 1 N–H and O–H groups in total. The Morgan fingerprint density at radius 2 is 2.00 bits per heavy atom. The van der Waals surface area contributed by atoms with Crippen LogP contribution >= 0.6 is 12.6 Å². The van der Waals surface area contributed by atoms with E-state index in [1.165, 1.54) is 13.0 Å². The van der Waals surface area contributed by atoms with E-state index in [1.54, 1.807) is 0 Å². The predicted molar refractivity (Wildman–Crippen MR) is 54.8 cm³/mol. The second-order valence-electron chi connectivity index (χ2n) is 3.25. The van der Waals surface area contributed by atoms with Crippen LogP contribution in [0.1, 0.15) is 29.7 Å². The summed E-state index contributed by atoms with van der Waals surface area (Å²) in [6.07, 6.45) is -5.14. The summed E-state index contributed by atoms with van der Waals surface area (Å²) in [6, 6.07) is 3.28. The molecule has 15 heavy (non-hydrogen) atoms. The number of aliphatic hydroxyl groups excluding tert-OH is 1. The zero-order valence-electron chi connectivity index (χ0n) is 8.04. The molecule has 1 aromatic rings. The maximum Gasteiger partial charge on any atom is 0.416 e. The van der Waals surface area contributed by atoms with Gasteiger partial charge < -0.3 is 5.11 Å². The van der Waals surface area contributed by atoms with Crippen molar-refractivity contribution >= 4 is 12.6 Å². The third kappa shape index (κ3) is 2.89. The Kier molecular flexibility index (Phi) is 3.67. The van der Waals surface area contributed by atoms with Gasteiger partial charge in [0.2, 0.25) is 0 Å². The zero-order valence-corrected chi connectivity index (χ0v) is 8.94. The number of alkyl halides is 3. The van der Waals surface area contributed by atoms with Gasteiger partial charge in [-0.15, -0.1) is 0 Å². The molecular formula is C10H11F3OS. The van der Waals surface area contributed by atoms with E-state index in [0.717, 1.165) is 12.1 Å². The van der Waals surface area contributed by atoms with Crippen LogP contribution in [0.15, 0.2) is 18.2 Å². The van der Waals surface area contributed by atoms with Crippen molar-refractivity contribution in [3.8, 4) is 0 Å². The van der Waals surface area contributed by atoms with Crippen LogP contribution in [0.3, 0.4) is 0 Å². The van der Waals surface area contributed by atoms with Gasteiger partial charge in [-0.1, -0.05) is 6.07 Å². The third-order valence-electron chi connectivity index (χ3n) is 2.09. The van der Waals surface area contributed by atoms with Crippen LogP contribution < -0.4 is 0 Å². The van der Waals surface area contributed by atoms with Crippen LogP contribution in [0.25, 0.3) is 0 Å². The largest absolute Gasteiger partial charge is 0.416 e. The number of hydrogen-bond acceptors (Lipinski definition) is 2. The summed E-state index contributed by atoms with van der Waals surface area (Å²) in [5.41, 5.74) is 0.178. The molecule has 0 saturated heterocycles. The summed E-state index contributed by atoms with van der Waals surface area (Å²) in [5.74, 6) is 0.171. The first-order valence-corrected chi connectivity index (χ1v) is 4.98. The molecule has 0 amide bonds. The van der Waals surface area contributed by atoms with E-state index in [2.05, 4.69) is 12.6 Å². The van der Waals surface area contributed by atoms with Crippen molar-refractivity contribution in [2.75, 3.05) is 0 Å². The fourth-order valence-electron chi connectivity index (χ4n) is 1.33. The summed E-state index contributed by atoms with van der Waals surface area (Å²) < 4.78 is 37.0. The van der Waals surface area contributed by atoms with Gasteiger partial charge in [-0.2, -0.15) is 25.8 Å². The summed E-state index contributed by atoms with van der Waals surface area (Å²) in [4.78, 5) is 0. The molecule has 0 aliphatic carbocycles. The van der Waals surface area contributed by atoms with Crippen molar-refractivity contribution in [3.05, 3.63) is 34.9 Å². The van der Waals surface area contributed by atoms with Crippen molar-refractivity contribution in [1.82, 2.24) is 0 Å². The van der Waals surface area contributed by atoms with Crippen LogP contribution in [0.4, 0.5) is 13.2 Å². The molecule has 84 valence electrons. The molecule has 0 aliphatic heterocycles. The van der Waals surface area contributed by atoms with Crippen LogP contribution in [0, 0.1) is 0 Å². The van der Waals surface area contributed by atoms with Gasteiger partial charge in [0, 0.05) is 5.75 Å². The summed E-state index contributed by atoms with van der Waals surface area (Å²) in [7, 11) is 0. The van der Waals surface area contributed by atoms with E-state index in [1.807, 2.05) is 0 Å². The normalized spacial score (nSPS) is 14.0. The van der Waals surface area contributed by atoms with E-state index in [4.69, 9.17) is 0 Å². The Morgan fingerprint density at radius 1 is 1.40 bits per heavy atom. The number of halogens is 3. The van der Waals surface area contributed by atoms with Crippen molar-refractivity contribution in [1.29, 1.82) is 0 Å². The molecule has 1 rings (SSSR count). The second kappa shape index (κ2) is 4.45. The predicted octanol–water partition coefficient (Wildman–Crippen LogP) is 3.19. The van der Waals surface area contributed by atoms with E-state index in [-0.39, 0.29) is 5.75 Å². The maximum absolute atomic E-state index is 12.3. The Hall–Kier alpha value is -0.680. The molecule has 0 spiro atoms. The molecule has 0 bridgehead atoms. The first kappa shape index (κ1) is 12.4. The SMILES string of the molecule is CC(O)c1ccc(C(F)(F)F)cc1CS. The van der Waals surface area contributed by atoms with Crippen molar-refractivity contribution < 1.29 is 18.3 Å². The highest BCUT2D eigenvalue weighted by atomic mass is 32.1. The van der Waals surface area contributed by atoms with Gasteiger partial charge in [0.1, 0.15) is 0 Å². The fourth-order valence-corrected chi connectivity index (χ4v) is 1.60. The van der Waals surface area contributed by atoms with Gasteiger partial charge in [0.25, 0.3) is 0 Å². The van der Waals surface area contributed by atoms with E-state index < -0.39 is 17.8 Å². The van der Waals surface area contributed by atoms with Crippen molar-refractivity contribution in [2.45, 2.75) is 25.0 Å². The molecule has 1 unspecified atom stereocenters. The molecule has 0 radical (unpaired) electrons. The zero-order chi connectivity index (χ0) is 11.6. The first-order valence-electron chi connectivity index (χ1n) is 4.35. The van der Waals surface area contributed by atoms with Crippen LogP contribution in [-0.4, -0.2) is 5.11 Å². The molecule has 1 atom stereocenters. The highest BCUT2D eigenvalue weighted by Gasteiger charge is 2.31. The Balaban J connectivity index is 3.19. The standard InChI is InChI=1S/C10H11F3OS/c1-6(14)9-3-2-8(10(11,12)13)4-7(9)5-15/h2-4,6,14-15H,5H2,1H3. The Morgan fingerprint density at radius 3 is 2.40 bits per heavy atom. The molecule has 0 aliphatic rings. The molecule has 0 aromatic heterocycles. The average molecular weight is 236 g/mol. The van der Waals surface area contributed by atoms with Gasteiger partial charge in [-0.05, 0) is 30.2 Å². The summed E-state index contributed by atoms with van der Waals surface area (Å²) >= 11 is 3.94. The molecular weight excluding hydrogens is 225 g/mol. The Bertz CT molecular complexity index is 347. The summed E-state index contributed by atoms with van der Waals surface area (Å²) in [5, 5.41) is 9.31. The molecule has 0 fully saturated rings. The quantitative estimate of drug-likeness (QED) is 0.756. The van der Waals surface area contributed by atoms with Gasteiger partial charge in [-0.3, -0.25) is 0 Å². The van der Waals surface area contributed by atoms with Crippen LogP contribution in [0.5, 0.6) is 0 Å². The number of rotatable bonds is 2. The minimum Gasteiger partial charge on any atom is -0.389 e. The van der Waals surface area contributed by atoms with Crippen LogP contribution in [-0.2, 0) is 11.9 Å². The van der Waals surface area contributed by atoms with Crippen molar-refractivity contribution in [2.24, 2.45) is 0 Å². The van der Waals surface area contributed by atoms with E-state index in [0.29, 0.717) is 11.1 Å². The number of benzene rings is 1. The van der Waals surface area contributed by atoms with Crippen LogP contribution in [0.2, 0.25) is 0 Å². The van der Waals surface area contributed by atoms with Crippen molar-refractivity contribution in [3.63, 3.8) is 0 Å². The van der Waals surface area contributed by atoms with E-state index >= 15 is 0 Å². The third-order valence-corrected chi connectivity index (χ3v) is 2.43. The first-order chi connectivity index (χ1) is 6.86. The molecule has 1 aromatic carbocycles. The number of hydrogen-bond donors (Lipinski definition) is 2. The lowest BCUT2D eigenvalue weighted by molar-refractivity contribution is -0.137. The molecule has 0 heterocycles. The van der Waals surface area contributed by atoms with E-state index in [9.17, 15) is 18.3 Å². The Labute approximate surface area is 91.3 Å². The lowest BCUT2D eigenvalue weighted by Gasteiger charge is -2.13.